The van der Waals surface area contributed by atoms with Gasteiger partial charge in [0, 0.05) is 16.3 Å². The molecular weight excluding hydrogens is 178 g/mol. The van der Waals surface area contributed by atoms with Crippen molar-refractivity contribution in [3.05, 3.63) is 35.9 Å². The van der Waals surface area contributed by atoms with Gasteiger partial charge in [-0.25, -0.2) is 0 Å². The van der Waals surface area contributed by atoms with Gasteiger partial charge in [0.15, 0.2) is 0 Å². The van der Waals surface area contributed by atoms with Crippen LogP contribution in [0.2, 0.25) is 0 Å². The number of nitrogens with two attached hydrogens (primary N) is 1. The second-order valence-electron chi connectivity index (χ2n) is 3.13. The number of hydrogen-bond donors (Lipinski definition) is 1. The lowest BCUT2D eigenvalue weighted by Gasteiger charge is -2.02. The summed E-state index contributed by atoms with van der Waals surface area (Å²) in [7, 11) is 0. The molecule has 0 unspecified atom stereocenters. The Morgan fingerprint density at radius 1 is 1.38 bits per heavy atom. The van der Waals surface area contributed by atoms with Crippen LogP contribution in [0.25, 0.3) is 0 Å². The van der Waals surface area contributed by atoms with Crippen LogP contribution in [0, 0.1) is 0 Å². The molecule has 0 fully saturated rings. The third-order valence-electron chi connectivity index (χ3n) is 1.65. The fourth-order valence-corrected chi connectivity index (χ4v) is 1.92. The van der Waals surface area contributed by atoms with Crippen molar-refractivity contribution in [2.24, 2.45) is 0 Å². The Bertz CT molecular complexity index is 301. The number of allylic oxidation sites excluding steroid dienone is 1. The van der Waals surface area contributed by atoms with Gasteiger partial charge in [-0.05, 0) is 26.0 Å². The minimum Gasteiger partial charge on any atom is -0.398 e. The summed E-state index contributed by atoms with van der Waals surface area (Å²) in [5.74, 6) is 0.997. The standard InChI is InChI=1S/C11H15NS/c1-9(2)7-8-13-11-6-4-3-5-10(11)12/h3-7H,8,12H2,1-2H3. The van der Waals surface area contributed by atoms with Crippen molar-refractivity contribution in [2.75, 3.05) is 11.5 Å². The van der Waals surface area contributed by atoms with Crippen molar-refractivity contribution in [1.82, 2.24) is 0 Å². The maximum Gasteiger partial charge on any atom is 0.0452 e. The summed E-state index contributed by atoms with van der Waals surface area (Å²) >= 11 is 1.77. The molecule has 2 N–H and O–H groups in total. The summed E-state index contributed by atoms with van der Waals surface area (Å²) in [6.45, 7) is 4.21. The summed E-state index contributed by atoms with van der Waals surface area (Å²) in [5, 5.41) is 0. The van der Waals surface area contributed by atoms with E-state index in [0.717, 1.165) is 11.4 Å². The topological polar surface area (TPSA) is 26.0 Å². The van der Waals surface area contributed by atoms with Crippen molar-refractivity contribution < 1.29 is 0 Å². The van der Waals surface area contributed by atoms with Gasteiger partial charge in [-0.3, -0.25) is 0 Å². The molecule has 0 aliphatic heterocycles. The molecule has 0 spiro atoms. The first-order valence-corrected chi connectivity index (χ1v) is 5.29. The molecule has 0 amide bonds. The largest absolute Gasteiger partial charge is 0.398 e. The molecule has 1 rings (SSSR count). The molecule has 0 bridgehead atoms. The zero-order valence-electron chi connectivity index (χ0n) is 8.08. The van der Waals surface area contributed by atoms with Crippen molar-refractivity contribution in [3.8, 4) is 0 Å². The first-order chi connectivity index (χ1) is 6.20. The van der Waals surface area contributed by atoms with Crippen molar-refractivity contribution in [3.63, 3.8) is 0 Å². The lowest BCUT2D eigenvalue weighted by molar-refractivity contribution is 1.36. The minimum atomic E-state index is 0.870. The molecule has 70 valence electrons. The summed E-state index contributed by atoms with van der Waals surface area (Å²) in [5.41, 5.74) is 8.02. The summed E-state index contributed by atoms with van der Waals surface area (Å²) in [6.07, 6.45) is 2.21. The Morgan fingerprint density at radius 3 is 2.69 bits per heavy atom. The molecule has 0 saturated carbocycles. The fraction of sp³-hybridized carbons (Fsp3) is 0.273. The van der Waals surface area contributed by atoms with Crippen LogP contribution in [-0.4, -0.2) is 5.75 Å². The van der Waals surface area contributed by atoms with Gasteiger partial charge in [-0.15, -0.1) is 11.8 Å². The number of benzene rings is 1. The van der Waals surface area contributed by atoms with Crippen molar-refractivity contribution in [1.29, 1.82) is 0 Å². The number of nitrogen functional groups attached to an aromatic ring is 1. The Balaban J connectivity index is 2.55. The molecule has 0 aliphatic carbocycles. The highest BCUT2D eigenvalue weighted by Crippen LogP contribution is 2.24. The van der Waals surface area contributed by atoms with Gasteiger partial charge in [0.2, 0.25) is 0 Å². The van der Waals surface area contributed by atoms with E-state index in [9.17, 15) is 0 Å². The molecule has 0 saturated heterocycles. The Morgan fingerprint density at radius 2 is 2.08 bits per heavy atom. The van der Waals surface area contributed by atoms with Crippen LogP contribution < -0.4 is 5.73 Å². The molecule has 1 aromatic carbocycles. The first-order valence-electron chi connectivity index (χ1n) is 4.31. The van der Waals surface area contributed by atoms with Crippen LogP contribution in [0.3, 0.4) is 0 Å². The van der Waals surface area contributed by atoms with Gasteiger partial charge >= 0.3 is 0 Å². The van der Waals surface area contributed by atoms with E-state index in [1.807, 2.05) is 18.2 Å². The molecular formula is C11H15NS. The molecule has 13 heavy (non-hydrogen) atoms. The zero-order valence-corrected chi connectivity index (χ0v) is 8.90. The van der Waals surface area contributed by atoms with E-state index in [2.05, 4.69) is 26.0 Å². The molecule has 0 aliphatic rings. The summed E-state index contributed by atoms with van der Waals surface area (Å²) < 4.78 is 0. The quantitative estimate of drug-likeness (QED) is 0.452. The Hall–Kier alpha value is -0.890. The van der Waals surface area contributed by atoms with Crippen LogP contribution in [0.5, 0.6) is 0 Å². The van der Waals surface area contributed by atoms with E-state index >= 15 is 0 Å². The highest BCUT2D eigenvalue weighted by Gasteiger charge is 1.95. The van der Waals surface area contributed by atoms with E-state index < -0.39 is 0 Å². The second kappa shape index (κ2) is 4.97. The lowest BCUT2D eigenvalue weighted by Crippen LogP contribution is -1.87. The van der Waals surface area contributed by atoms with Crippen LogP contribution in [0.15, 0.2) is 40.8 Å². The second-order valence-corrected chi connectivity index (χ2v) is 4.19. The van der Waals surface area contributed by atoms with Gasteiger partial charge in [0.25, 0.3) is 0 Å². The Labute approximate surface area is 84.0 Å². The average Bonchev–Trinajstić information content (AvgIpc) is 2.08. The minimum absolute atomic E-state index is 0.870. The Kier molecular flexibility index (Phi) is 3.90. The van der Waals surface area contributed by atoms with Crippen LogP contribution in [-0.2, 0) is 0 Å². The number of hydrogen-bond acceptors (Lipinski definition) is 2. The SMILES string of the molecule is CC(C)=CCSc1ccccc1N. The highest BCUT2D eigenvalue weighted by atomic mass is 32.2. The van der Waals surface area contributed by atoms with Gasteiger partial charge in [0.1, 0.15) is 0 Å². The molecule has 1 aromatic rings. The maximum absolute atomic E-state index is 5.80. The smallest absolute Gasteiger partial charge is 0.0452 e. The van der Waals surface area contributed by atoms with E-state index in [0.29, 0.717) is 0 Å². The van der Waals surface area contributed by atoms with Crippen molar-refractivity contribution >= 4 is 17.4 Å². The lowest BCUT2D eigenvalue weighted by atomic mass is 10.3. The zero-order chi connectivity index (χ0) is 9.68. The van der Waals surface area contributed by atoms with Gasteiger partial charge in [-0.1, -0.05) is 23.8 Å². The summed E-state index contributed by atoms with van der Waals surface area (Å²) in [4.78, 5) is 1.17. The van der Waals surface area contributed by atoms with Crippen molar-refractivity contribution in [2.45, 2.75) is 18.7 Å². The summed E-state index contributed by atoms with van der Waals surface area (Å²) in [6, 6.07) is 7.96. The molecule has 0 radical (unpaired) electrons. The number of para-hydroxylation sites is 1. The molecule has 1 nitrogen and oxygen atoms in total. The third-order valence-corrected chi connectivity index (χ3v) is 2.67. The maximum atomic E-state index is 5.80. The van der Waals surface area contributed by atoms with Gasteiger partial charge < -0.3 is 5.73 Å². The number of rotatable bonds is 3. The highest BCUT2D eigenvalue weighted by molar-refractivity contribution is 7.99. The van der Waals surface area contributed by atoms with E-state index in [4.69, 9.17) is 5.73 Å². The van der Waals surface area contributed by atoms with Crippen LogP contribution in [0.4, 0.5) is 5.69 Å². The molecule has 2 heteroatoms. The van der Waals surface area contributed by atoms with Crippen LogP contribution in [0.1, 0.15) is 13.8 Å². The predicted octanol–water partition coefficient (Wildman–Crippen LogP) is 3.33. The average molecular weight is 193 g/mol. The van der Waals surface area contributed by atoms with Crippen LogP contribution >= 0.6 is 11.8 Å². The number of anilines is 1. The van der Waals surface area contributed by atoms with Gasteiger partial charge in [-0.2, -0.15) is 0 Å². The predicted molar refractivity (Wildman–Crippen MR) is 61.0 cm³/mol. The van der Waals surface area contributed by atoms with E-state index in [-0.39, 0.29) is 0 Å². The number of thioether (sulfide) groups is 1. The third kappa shape index (κ3) is 3.55. The normalized spacial score (nSPS) is 9.69. The van der Waals surface area contributed by atoms with E-state index in [1.54, 1.807) is 11.8 Å². The van der Waals surface area contributed by atoms with E-state index in [1.165, 1.54) is 10.5 Å². The fourth-order valence-electron chi connectivity index (χ4n) is 0.910. The van der Waals surface area contributed by atoms with Gasteiger partial charge in [0.05, 0.1) is 0 Å². The molecule has 0 aromatic heterocycles. The monoisotopic (exact) mass is 193 g/mol. The molecule has 0 heterocycles. The molecule has 0 atom stereocenters. The first kappa shape index (κ1) is 10.2.